The van der Waals surface area contributed by atoms with Crippen LogP contribution in [0, 0.1) is 11.3 Å². The summed E-state index contributed by atoms with van der Waals surface area (Å²) in [5.74, 6) is -0.0217. The van der Waals surface area contributed by atoms with Crippen molar-refractivity contribution in [1.82, 2.24) is 0 Å². The van der Waals surface area contributed by atoms with E-state index in [2.05, 4.69) is 41.9 Å². The van der Waals surface area contributed by atoms with E-state index in [4.69, 9.17) is 15.2 Å². The van der Waals surface area contributed by atoms with E-state index in [1.807, 2.05) is 0 Å². The lowest BCUT2D eigenvalue weighted by atomic mass is 10.4. The molecule has 12 heavy (non-hydrogen) atoms. The average molecular weight is 292 g/mol. The first-order valence-electron chi connectivity index (χ1n) is 2.63. The molecule has 1 aromatic rings. The molecule has 0 radical (unpaired) electrons. The number of furan rings is 1. The van der Waals surface area contributed by atoms with Crippen LogP contribution in [0.3, 0.4) is 0 Å². The lowest BCUT2D eigenvalue weighted by molar-refractivity contribution is 0.526. The lowest BCUT2D eigenvalue weighted by Gasteiger charge is -1.81. The maximum Gasteiger partial charge on any atom is 0.215 e. The number of hydrogen-bond acceptors (Lipinski definition) is 3. The molecule has 7 heteroatoms. The maximum atomic E-state index is 8.51. The van der Waals surface area contributed by atoms with E-state index in [-0.39, 0.29) is 11.4 Å². The van der Waals surface area contributed by atoms with Gasteiger partial charge in [-0.2, -0.15) is 5.26 Å². The molecule has 0 saturated heterocycles. The third-order valence-corrected chi connectivity index (χ3v) is 2.86. The van der Waals surface area contributed by atoms with E-state index in [1.54, 1.807) is 6.07 Å². The van der Waals surface area contributed by atoms with E-state index in [9.17, 15) is 0 Å². The quantitative estimate of drug-likeness (QED) is 0.449. The number of nitrogens with zero attached hydrogens (tertiary/aromatic N) is 4. The molecular formula is C5Br2N4O. The minimum absolute atomic E-state index is 0.0217. The highest BCUT2D eigenvalue weighted by molar-refractivity contribution is 9.13. The minimum atomic E-state index is -0.0217. The molecule has 0 amide bonds. The number of hydrogen-bond donors (Lipinski definition) is 0. The van der Waals surface area contributed by atoms with E-state index in [1.165, 1.54) is 0 Å². The van der Waals surface area contributed by atoms with Crippen LogP contribution in [-0.2, 0) is 0 Å². The first-order chi connectivity index (χ1) is 5.70. The van der Waals surface area contributed by atoms with Crippen molar-refractivity contribution in [2.75, 3.05) is 0 Å². The molecule has 0 aliphatic carbocycles. The predicted molar refractivity (Wildman–Crippen MR) is 47.6 cm³/mol. The molecule has 1 heterocycles. The van der Waals surface area contributed by atoms with Gasteiger partial charge in [0.1, 0.15) is 11.8 Å². The van der Waals surface area contributed by atoms with Crippen molar-refractivity contribution in [2.45, 2.75) is 0 Å². The van der Waals surface area contributed by atoms with Gasteiger partial charge in [0.05, 0.1) is 4.47 Å². The predicted octanol–water partition coefficient (Wildman–Crippen LogP) is 3.62. The maximum absolute atomic E-state index is 8.51. The normalized spacial score (nSPS) is 8.75. The van der Waals surface area contributed by atoms with E-state index in [0.717, 1.165) is 0 Å². The fourth-order valence-corrected chi connectivity index (χ4v) is 1.28. The number of azide groups is 1. The Morgan fingerprint density at radius 1 is 1.58 bits per heavy atom. The van der Waals surface area contributed by atoms with Gasteiger partial charge in [0.25, 0.3) is 0 Å². The summed E-state index contributed by atoms with van der Waals surface area (Å²) in [6.07, 6.45) is 0. The van der Waals surface area contributed by atoms with Crippen LogP contribution < -0.4 is 0 Å². The van der Waals surface area contributed by atoms with Gasteiger partial charge in [-0.25, -0.2) is 0 Å². The van der Waals surface area contributed by atoms with Crippen LogP contribution in [0.1, 0.15) is 5.76 Å². The molecule has 0 unspecified atom stereocenters. The Morgan fingerprint density at radius 3 is 2.75 bits per heavy atom. The zero-order chi connectivity index (χ0) is 9.14. The molecule has 0 aliphatic heterocycles. The van der Waals surface area contributed by atoms with Crippen LogP contribution in [0.5, 0.6) is 0 Å². The minimum Gasteiger partial charge on any atom is -0.437 e. The van der Waals surface area contributed by atoms with Gasteiger partial charge in [-0.3, -0.25) is 0 Å². The molecule has 0 fully saturated rings. The Labute approximate surface area is 83.9 Å². The lowest BCUT2D eigenvalue weighted by Crippen LogP contribution is -1.63. The van der Waals surface area contributed by atoms with Gasteiger partial charge in [-0.1, -0.05) is 5.11 Å². The van der Waals surface area contributed by atoms with Gasteiger partial charge >= 0.3 is 0 Å². The van der Waals surface area contributed by atoms with Crippen LogP contribution >= 0.6 is 31.9 Å². The summed E-state index contributed by atoms with van der Waals surface area (Å²) in [5, 5.41) is 11.8. The number of rotatable bonds is 1. The second-order valence-corrected chi connectivity index (χ2v) is 3.18. The van der Waals surface area contributed by atoms with Gasteiger partial charge in [0, 0.05) is 4.91 Å². The van der Waals surface area contributed by atoms with Crippen molar-refractivity contribution < 1.29 is 4.42 Å². The van der Waals surface area contributed by atoms with Crippen molar-refractivity contribution in [3.8, 4) is 6.07 Å². The summed E-state index contributed by atoms with van der Waals surface area (Å²) in [6.45, 7) is 0. The zero-order valence-corrected chi connectivity index (χ0v) is 8.63. The highest BCUT2D eigenvalue weighted by Crippen LogP contribution is 2.38. The van der Waals surface area contributed by atoms with E-state index >= 15 is 0 Å². The summed E-state index contributed by atoms with van der Waals surface area (Å²) in [6, 6.07) is 1.75. The first kappa shape index (κ1) is 9.13. The standard InChI is InChI=1S/C5Br2N4O/c6-3-4(10-11-9)2(1-8)12-5(3)7. The fourth-order valence-electron chi connectivity index (χ4n) is 0.585. The largest absolute Gasteiger partial charge is 0.437 e. The molecule has 0 atom stereocenters. The Bertz CT molecular complexity index is 398. The molecular weight excluding hydrogens is 292 g/mol. The second kappa shape index (κ2) is 3.63. The average Bonchev–Trinajstić information content (AvgIpc) is 2.33. The summed E-state index contributed by atoms with van der Waals surface area (Å²) in [5.41, 5.74) is 8.30. The van der Waals surface area contributed by atoms with Gasteiger partial charge in [-0.15, -0.1) is 0 Å². The fraction of sp³-hybridized carbons (Fsp3) is 0. The monoisotopic (exact) mass is 290 g/mol. The number of halogens is 2. The van der Waals surface area contributed by atoms with Crippen LogP contribution in [-0.4, -0.2) is 0 Å². The highest BCUT2D eigenvalue weighted by atomic mass is 79.9. The molecule has 0 bridgehead atoms. The Morgan fingerprint density at radius 2 is 2.25 bits per heavy atom. The smallest absolute Gasteiger partial charge is 0.215 e. The Hall–Kier alpha value is -0.960. The topological polar surface area (TPSA) is 85.7 Å². The second-order valence-electron chi connectivity index (χ2n) is 1.67. The van der Waals surface area contributed by atoms with Crippen LogP contribution in [0.4, 0.5) is 5.69 Å². The Balaban J connectivity index is 3.43. The van der Waals surface area contributed by atoms with Crippen molar-refractivity contribution >= 4 is 37.5 Å². The van der Waals surface area contributed by atoms with Crippen molar-refractivity contribution in [3.05, 3.63) is 25.3 Å². The third-order valence-electron chi connectivity index (χ3n) is 1.03. The van der Waals surface area contributed by atoms with E-state index < -0.39 is 0 Å². The SMILES string of the molecule is N#Cc1oc(Br)c(Br)c1N=[N+]=[N-]. The van der Waals surface area contributed by atoms with Crippen LogP contribution in [0.2, 0.25) is 0 Å². The summed E-state index contributed by atoms with van der Waals surface area (Å²) in [7, 11) is 0. The summed E-state index contributed by atoms with van der Waals surface area (Å²) < 4.78 is 5.67. The van der Waals surface area contributed by atoms with Crippen molar-refractivity contribution in [1.29, 1.82) is 5.26 Å². The van der Waals surface area contributed by atoms with Gasteiger partial charge < -0.3 is 4.42 Å². The third kappa shape index (κ3) is 1.46. The molecule has 0 saturated carbocycles. The van der Waals surface area contributed by atoms with Gasteiger partial charge in [-0.05, 0) is 37.4 Å². The number of nitriles is 1. The van der Waals surface area contributed by atoms with Crippen molar-refractivity contribution in [2.24, 2.45) is 5.11 Å². The summed E-state index contributed by atoms with van der Waals surface area (Å²) in [4.78, 5) is 2.55. The molecule has 0 spiro atoms. The molecule has 0 aliphatic rings. The Kier molecular flexibility index (Phi) is 2.76. The highest BCUT2D eigenvalue weighted by Gasteiger charge is 2.14. The molecule has 0 N–H and O–H groups in total. The first-order valence-corrected chi connectivity index (χ1v) is 4.22. The van der Waals surface area contributed by atoms with Crippen LogP contribution in [0.15, 0.2) is 18.7 Å². The zero-order valence-electron chi connectivity index (χ0n) is 5.45. The molecule has 5 nitrogen and oxygen atoms in total. The van der Waals surface area contributed by atoms with Gasteiger partial charge in [0.15, 0.2) is 4.67 Å². The summed E-state index contributed by atoms with van der Waals surface area (Å²) >= 11 is 6.12. The molecule has 0 aromatic carbocycles. The van der Waals surface area contributed by atoms with E-state index in [0.29, 0.717) is 9.14 Å². The van der Waals surface area contributed by atoms with Gasteiger partial charge in [0.2, 0.25) is 5.76 Å². The molecule has 1 rings (SSSR count). The van der Waals surface area contributed by atoms with Crippen LogP contribution in [0.25, 0.3) is 10.4 Å². The molecule has 1 aromatic heterocycles. The molecule has 60 valence electrons. The van der Waals surface area contributed by atoms with Crippen molar-refractivity contribution in [3.63, 3.8) is 0 Å².